The van der Waals surface area contributed by atoms with E-state index >= 15 is 0 Å². The number of nitrogens with zero attached hydrogens (tertiary/aromatic N) is 1. The number of aromatic nitrogens is 1. The maximum Gasteiger partial charge on any atom is 0.259 e. The van der Waals surface area contributed by atoms with Crippen LogP contribution in [0.2, 0.25) is 0 Å². The molecule has 0 atom stereocenters. The first-order chi connectivity index (χ1) is 8.56. The minimum atomic E-state index is -0.620. The van der Waals surface area contributed by atoms with Crippen LogP contribution in [0.15, 0.2) is 36.5 Å². The van der Waals surface area contributed by atoms with Crippen LogP contribution < -0.4 is 5.32 Å². The van der Waals surface area contributed by atoms with Gasteiger partial charge in [-0.25, -0.2) is 4.98 Å². The molecule has 1 aromatic carbocycles. The Morgan fingerprint density at radius 3 is 2.78 bits per heavy atom. The van der Waals surface area contributed by atoms with Crippen LogP contribution in [-0.4, -0.2) is 16.0 Å². The van der Waals surface area contributed by atoms with E-state index in [1.54, 1.807) is 12.1 Å². The zero-order valence-electron chi connectivity index (χ0n) is 9.02. The molecule has 2 N–H and O–H groups in total. The summed E-state index contributed by atoms with van der Waals surface area (Å²) in [7, 11) is 0. The first kappa shape index (κ1) is 12.7. The molecule has 4 nitrogen and oxygen atoms in total. The lowest BCUT2D eigenvalue weighted by Gasteiger charge is -2.06. The molecule has 0 aliphatic heterocycles. The number of halogens is 2. The largest absolute Gasteiger partial charge is 0.507 e. The normalized spacial score (nSPS) is 10.1. The maximum atomic E-state index is 12.6. The van der Waals surface area contributed by atoms with Crippen LogP contribution >= 0.6 is 22.6 Å². The second-order valence-electron chi connectivity index (χ2n) is 3.49. The van der Waals surface area contributed by atoms with E-state index in [2.05, 4.69) is 10.3 Å². The summed E-state index contributed by atoms with van der Waals surface area (Å²) in [6.45, 7) is 0. The number of phenolic OH excluding ortho intramolecular Hbond substituents is 1. The first-order valence-electron chi connectivity index (χ1n) is 4.97. The van der Waals surface area contributed by atoms with Gasteiger partial charge < -0.3 is 10.4 Å². The van der Waals surface area contributed by atoms with Gasteiger partial charge in [-0.1, -0.05) is 0 Å². The molecule has 0 spiro atoms. The predicted octanol–water partition coefficient (Wildman–Crippen LogP) is 2.78. The standard InChI is InChI=1S/C12H8FIN2O2/c13-11-4-2-8(6-15-11)16-12(18)9-5-7(14)1-3-10(9)17/h1-6,17H,(H,16,18). The van der Waals surface area contributed by atoms with E-state index < -0.39 is 11.9 Å². The van der Waals surface area contributed by atoms with Gasteiger partial charge in [0.1, 0.15) is 5.75 Å². The topological polar surface area (TPSA) is 62.2 Å². The third-order valence-corrected chi connectivity index (χ3v) is 2.86. The van der Waals surface area contributed by atoms with Crippen molar-refractivity contribution in [2.45, 2.75) is 0 Å². The molecule has 0 bridgehead atoms. The third kappa shape index (κ3) is 2.95. The van der Waals surface area contributed by atoms with Crippen molar-refractivity contribution in [2.75, 3.05) is 5.32 Å². The summed E-state index contributed by atoms with van der Waals surface area (Å²) < 4.78 is 13.4. The molecule has 1 heterocycles. The van der Waals surface area contributed by atoms with Crippen LogP contribution in [0.3, 0.4) is 0 Å². The highest BCUT2D eigenvalue weighted by Crippen LogP contribution is 2.20. The van der Waals surface area contributed by atoms with Gasteiger partial charge in [0, 0.05) is 3.57 Å². The second kappa shape index (κ2) is 5.30. The van der Waals surface area contributed by atoms with E-state index in [4.69, 9.17) is 0 Å². The lowest BCUT2D eigenvalue weighted by molar-refractivity contribution is 0.102. The van der Waals surface area contributed by atoms with Gasteiger partial charge >= 0.3 is 0 Å². The van der Waals surface area contributed by atoms with Crippen LogP contribution in [-0.2, 0) is 0 Å². The fraction of sp³-hybridized carbons (Fsp3) is 0. The molecule has 0 fully saturated rings. The van der Waals surface area contributed by atoms with Crippen molar-refractivity contribution in [3.63, 3.8) is 0 Å². The number of carbonyl (C=O) groups excluding carboxylic acids is 1. The van der Waals surface area contributed by atoms with E-state index in [9.17, 15) is 14.3 Å². The van der Waals surface area contributed by atoms with Crippen molar-refractivity contribution in [1.82, 2.24) is 4.98 Å². The third-order valence-electron chi connectivity index (χ3n) is 2.19. The molecule has 6 heteroatoms. The molecule has 0 radical (unpaired) electrons. The Hall–Kier alpha value is -1.70. The number of amides is 1. The zero-order valence-corrected chi connectivity index (χ0v) is 11.2. The monoisotopic (exact) mass is 358 g/mol. The molecular weight excluding hydrogens is 350 g/mol. The number of rotatable bonds is 2. The summed E-state index contributed by atoms with van der Waals surface area (Å²) in [4.78, 5) is 15.3. The van der Waals surface area contributed by atoms with E-state index in [0.29, 0.717) is 5.69 Å². The Kier molecular flexibility index (Phi) is 3.75. The Morgan fingerprint density at radius 1 is 1.33 bits per heavy atom. The molecular formula is C12H8FIN2O2. The number of anilines is 1. The molecule has 1 amide bonds. The summed E-state index contributed by atoms with van der Waals surface area (Å²) in [5, 5.41) is 12.1. The summed E-state index contributed by atoms with van der Waals surface area (Å²) in [5.41, 5.74) is 0.519. The number of hydrogen-bond donors (Lipinski definition) is 2. The minimum absolute atomic E-state index is 0.108. The average molecular weight is 358 g/mol. The molecule has 1 aromatic heterocycles. The molecule has 2 aromatic rings. The molecule has 0 aliphatic carbocycles. The van der Waals surface area contributed by atoms with Crippen molar-refractivity contribution in [1.29, 1.82) is 0 Å². The fourth-order valence-corrected chi connectivity index (χ4v) is 1.83. The Balaban J connectivity index is 2.21. The smallest absolute Gasteiger partial charge is 0.259 e. The van der Waals surface area contributed by atoms with Gasteiger partial charge in [0.15, 0.2) is 0 Å². The van der Waals surface area contributed by atoms with E-state index in [1.807, 2.05) is 22.6 Å². The number of hydrogen-bond acceptors (Lipinski definition) is 3. The van der Waals surface area contributed by atoms with Crippen LogP contribution in [0.5, 0.6) is 5.75 Å². The van der Waals surface area contributed by atoms with Crippen molar-refractivity contribution >= 4 is 34.2 Å². The SMILES string of the molecule is O=C(Nc1ccc(F)nc1)c1cc(I)ccc1O. The summed E-state index contributed by atoms with van der Waals surface area (Å²) in [5.74, 6) is -1.20. The number of aromatic hydroxyl groups is 1. The van der Waals surface area contributed by atoms with Crippen LogP contribution in [0.1, 0.15) is 10.4 Å². The van der Waals surface area contributed by atoms with Gasteiger partial charge in [-0.05, 0) is 52.9 Å². The van der Waals surface area contributed by atoms with E-state index in [-0.39, 0.29) is 11.3 Å². The van der Waals surface area contributed by atoms with Gasteiger partial charge in [0.2, 0.25) is 5.95 Å². The highest BCUT2D eigenvalue weighted by atomic mass is 127. The minimum Gasteiger partial charge on any atom is -0.507 e. The highest BCUT2D eigenvalue weighted by molar-refractivity contribution is 14.1. The number of carbonyl (C=O) groups is 1. The predicted molar refractivity (Wildman–Crippen MR) is 73.0 cm³/mol. The second-order valence-corrected chi connectivity index (χ2v) is 4.73. The van der Waals surface area contributed by atoms with Crippen LogP contribution in [0.25, 0.3) is 0 Å². The molecule has 0 saturated heterocycles. The van der Waals surface area contributed by atoms with Crippen molar-refractivity contribution in [3.05, 3.63) is 51.6 Å². The Bertz CT molecular complexity index is 587. The average Bonchev–Trinajstić information content (AvgIpc) is 2.35. The number of pyridine rings is 1. The summed E-state index contributed by atoms with van der Waals surface area (Å²) in [6, 6.07) is 7.23. The lowest BCUT2D eigenvalue weighted by atomic mass is 10.2. The highest BCUT2D eigenvalue weighted by Gasteiger charge is 2.11. The molecule has 0 saturated carbocycles. The van der Waals surface area contributed by atoms with E-state index in [1.165, 1.54) is 18.3 Å². The maximum absolute atomic E-state index is 12.6. The van der Waals surface area contributed by atoms with Gasteiger partial charge in [-0.15, -0.1) is 0 Å². The molecule has 2 rings (SSSR count). The van der Waals surface area contributed by atoms with Crippen molar-refractivity contribution in [3.8, 4) is 5.75 Å². The molecule has 18 heavy (non-hydrogen) atoms. The number of phenols is 1. The van der Waals surface area contributed by atoms with Crippen LogP contribution in [0.4, 0.5) is 10.1 Å². The Morgan fingerprint density at radius 2 is 2.11 bits per heavy atom. The quantitative estimate of drug-likeness (QED) is 0.641. The number of benzene rings is 1. The fourth-order valence-electron chi connectivity index (χ4n) is 1.34. The van der Waals surface area contributed by atoms with Crippen molar-refractivity contribution in [2.24, 2.45) is 0 Å². The van der Waals surface area contributed by atoms with Gasteiger partial charge in [-0.3, -0.25) is 4.79 Å². The Labute approximate surface area is 116 Å². The van der Waals surface area contributed by atoms with Crippen molar-refractivity contribution < 1.29 is 14.3 Å². The molecule has 92 valence electrons. The van der Waals surface area contributed by atoms with Gasteiger partial charge in [-0.2, -0.15) is 4.39 Å². The lowest BCUT2D eigenvalue weighted by Crippen LogP contribution is -2.12. The zero-order chi connectivity index (χ0) is 13.1. The van der Waals surface area contributed by atoms with E-state index in [0.717, 1.165) is 9.64 Å². The summed E-state index contributed by atoms with van der Waals surface area (Å²) in [6.07, 6.45) is 1.21. The van der Waals surface area contributed by atoms with Crippen LogP contribution in [0, 0.1) is 9.52 Å². The number of nitrogens with one attached hydrogen (secondary N) is 1. The molecule has 0 unspecified atom stereocenters. The van der Waals surface area contributed by atoms with Gasteiger partial charge in [0.25, 0.3) is 5.91 Å². The summed E-state index contributed by atoms with van der Waals surface area (Å²) >= 11 is 2.04. The first-order valence-corrected chi connectivity index (χ1v) is 6.05. The van der Waals surface area contributed by atoms with Gasteiger partial charge in [0.05, 0.1) is 17.4 Å². The molecule has 0 aliphatic rings.